The lowest BCUT2D eigenvalue weighted by Gasteiger charge is -2.31. The van der Waals surface area contributed by atoms with Gasteiger partial charge in [-0.05, 0) is 12.1 Å². The van der Waals surface area contributed by atoms with Gasteiger partial charge in [0.05, 0.1) is 17.4 Å². The molecular weight excluding hydrogens is 366 g/mol. The third-order valence-electron chi connectivity index (χ3n) is 4.92. The fraction of sp³-hybridized carbons (Fsp3) is 0.389. The Bertz CT molecular complexity index is 882. The Morgan fingerprint density at radius 1 is 1.26 bits per heavy atom. The fourth-order valence-electron chi connectivity index (χ4n) is 3.55. The molecule has 0 radical (unpaired) electrons. The van der Waals surface area contributed by atoms with Crippen molar-refractivity contribution in [3.05, 3.63) is 34.5 Å². The minimum absolute atomic E-state index is 0.00324. The summed E-state index contributed by atoms with van der Waals surface area (Å²) in [5.41, 5.74) is 3.57. The Balaban J connectivity index is 1.74. The zero-order valence-electron chi connectivity index (χ0n) is 15.3. The SMILES string of the molecule is CNc1ncc(Cl)c(Nc2ccc(N3CCNCC3)c3c2C(=O)N(C)C3)n1. The van der Waals surface area contributed by atoms with Crippen LogP contribution in [0.3, 0.4) is 0 Å². The molecule has 0 unspecified atom stereocenters. The number of nitrogens with zero attached hydrogens (tertiary/aromatic N) is 4. The standard InChI is InChI=1S/C18H22ClN7O/c1-20-18-22-9-12(19)16(24-18)23-13-3-4-14(26-7-5-21-6-8-26)11-10-25(2)17(27)15(11)13/h3-4,9,21H,5-8,10H2,1-2H3,(H2,20,22,23,24). The lowest BCUT2D eigenvalue weighted by atomic mass is 10.0. The van der Waals surface area contributed by atoms with E-state index in [0.29, 0.717) is 34.6 Å². The average Bonchev–Trinajstić information content (AvgIpc) is 2.99. The van der Waals surface area contributed by atoms with Gasteiger partial charge in [-0.1, -0.05) is 11.6 Å². The molecule has 3 N–H and O–H groups in total. The first-order valence-electron chi connectivity index (χ1n) is 8.93. The second-order valence-electron chi connectivity index (χ2n) is 6.65. The molecule has 4 rings (SSSR count). The molecule has 8 nitrogen and oxygen atoms in total. The number of anilines is 4. The Morgan fingerprint density at radius 3 is 2.78 bits per heavy atom. The third-order valence-corrected chi connectivity index (χ3v) is 5.20. The van der Waals surface area contributed by atoms with Gasteiger partial charge in [0.25, 0.3) is 5.91 Å². The number of hydrogen-bond donors (Lipinski definition) is 3. The summed E-state index contributed by atoms with van der Waals surface area (Å²) in [7, 11) is 3.57. The largest absolute Gasteiger partial charge is 0.369 e. The maximum absolute atomic E-state index is 12.8. The quantitative estimate of drug-likeness (QED) is 0.738. The normalized spacial score (nSPS) is 16.5. The number of rotatable bonds is 4. The van der Waals surface area contributed by atoms with Crippen molar-refractivity contribution in [2.24, 2.45) is 0 Å². The van der Waals surface area contributed by atoms with Crippen molar-refractivity contribution in [3.8, 4) is 0 Å². The van der Waals surface area contributed by atoms with Crippen LogP contribution in [0.15, 0.2) is 18.3 Å². The molecule has 142 valence electrons. The Morgan fingerprint density at radius 2 is 2.04 bits per heavy atom. The second kappa shape index (κ2) is 7.21. The van der Waals surface area contributed by atoms with Crippen LogP contribution in [0.25, 0.3) is 0 Å². The Labute approximate surface area is 162 Å². The Hall–Kier alpha value is -2.58. The highest BCUT2D eigenvalue weighted by Gasteiger charge is 2.32. The van der Waals surface area contributed by atoms with E-state index in [-0.39, 0.29) is 5.91 Å². The molecule has 3 heterocycles. The first kappa shape index (κ1) is 17.8. The molecule has 1 fully saturated rings. The lowest BCUT2D eigenvalue weighted by Crippen LogP contribution is -2.43. The second-order valence-corrected chi connectivity index (χ2v) is 7.06. The van der Waals surface area contributed by atoms with E-state index >= 15 is 0 Å². The van der Waals surface area contributed by atoms with Gasteiger partial charge in [0.1, 0.15) is 5.02 Å². The number of nitrogens with one attached hydrogen (secondary N) is 3. The maximum atomic E-state index is 12.8. The summed E-state index contributed by atoms with van der Waals surface area (Å²) in [6.45, 7) is 4.35. The van der Waals surface area contributed by atoms with Crippen molar-refractivity contribution >= 4 is 40.6 Å². The molecule has 27 heavy (non-hydrogen) atoms. The summed E-state index contributed by atoms with van der Waals surface area (Å²) in [4.78, 5) is 25.4. The molecule has 2 aliphatic rings. The topological polar surface area (TPSA) is 85.4 Å². The molecule has 2 aromatic rings. The summed E-state index contributed by atoms with van der Waals surface area (Å²) in [5.74, 6) is 0.929. The molecule has 1 amide bonds. The van der Waals surface area contributed by atoms with Gasteiger partial charge in [0, 0.05) is 58.1 Å². The lowest BCUT2D eigenvalue weighted by molar-refractivity contribution is 0.0817. The molecule has 1 aromatic heterocycles. The maximum Gasteiger partial charge on any atom is 0.256 e. The average molecular weight is 388 g/mol. The molecule has 1 aromatic carbocycles. The summed E-state index contributed by atoms with van der Waals surface area (Å²) in [6.07, 6.45) is 1.53. The number of benzene rings is 1. The van der Waals surface area contributed by atoms with Crippen LogP contribution in [0, 0.1) is 0 Å². The van der Waals surface area contributed by atoms with Crippen LogP contribution in [0.4, 0.5) is 23.1 Å². The van der Waals surface area contributed by atoms with E-state index < -0.39 is 0 Å². The number of amides is 1. The van der Waals surface area contributed by atoms with Crippen LogP contribution < -0.4 is 20.9 Å². The van der Waals surface area contributed by atoms with Crippen molar-refractivity contribution in [2.75, 3.05) is 55.8 Å². The van der Waals surface area contributed by atoms with Gasteiger partial charge >= 0.3 is 0 Å². The summed E-state index contributed by atoms with van der Waals surface area (Å²) >= 11 is 6.25. The van der Waals surface area contributed by atoms with Crippen molar-refractivity contribution in [1.29, 1.82) is 0 Å². The van der Waals surface area contributed by atoms with Gasteiger partial charge in [-0.25, -0.2) is 4.98 Å². The van der Waals surface area contributed by atoms with Crippen LogP contribution in [0.1, 0.15) is 15.9 Å². The van der Waals surface area contributed by atoms with Crippen LogP contribution in [0.2, 0.25) is 5.02 Å². The first-order chi connectivity index (χ1) is 13.1. The van der Waals surface area contributed by atoms with E-state index in [9.17, 15) is 4.79 Å². The number of piperazine rings is 1. The molecule has 0 saturated carbocycles. The molecule has 0 bridgehead atoms. The van der Waals surface area contributed by atoms with Crippen LogP contribution >= 0.6 is 11.6 Å². The molecule has 9 heteroatoms. The third kappa shape index (κ3) is 3.26. The zero-order chi connectivity index (χ0) is 19.0. The van der Waals surface area contributed by atoms with Gasteiger partial charge in [-0.3, -0.25) is 4.79 Å². The molecular formula is C18H22ClN7O. The summed E-state index contributed by atoms with van der Waals surface area (Å²) in [6, 6.07) is 4.01. The highest BCUT2D eigenvalue weighted by Crippen LogP contribution is 2.38. The van der Waals surface area contributed by atoms with Crippen molar-refractivity contribution in [1.82, 2.24) is 20.2 Å². The van der Waals surface area contributed by atoms with Crippen molar-refractivity contribution in [2.45, 2.75) is 6.54 Å². The molecule has 1 saturated heterocycles. The smallest absolute Gasteiger partial charge is 0.256 e. The van der Waals surface area contributed by atoms with Gasteiger partial charge in [-0.15, -0.1) is 0 Å². The van der Waals surface area contributed by atoms with Crippen molar-refractivity contribution in [3.63, 3.8) is 0 Å². The number of carbonyl (C=O) groups is 1. The van der Waals surface area contributed by atoms with Gasteiger partial charge in [0.15, 0.2) is 5.82 Å². The summed E-state index contributed by atoms with van der Waals surface area (Å²) < 4.78 is 0. The number of carbonyl (C=O) groups excluding carboxylic acids is 1. The van der Waals surface area contributed by atoms with Gasteiger partial charge in [-0.2, -0.15) is 4.98 Å². The number of fused-ring (bicyclic) bond motifs is 1. The predicted octanol–water partition coefficient (Wildman–Crippen LogP) is 1.91. The van der Waals surface area contributed by atoms with Crippen LogP contribution in [-0.4, -0.2) is 61.0 Å². The zero-order valence-corrected chi connectivity index (χ0v) is 16.1. The van der Waals surface area contributed by atoms with E-state index in [1.807, 2.05) is 13.1 Å². The molecule has 0 atom stereocenters. The van der Waals surface area contributed by atoms with Gasteiger partial charge < -0.3 is 25.8 Å². The van der Waals surface area contributed by atoms with E-state index in [1.165, 1.54) is 6.20 Å². The van der Waals surface area contributed by atoms with E-state index in [4.69, 9.17) is 11.6 Å². The van der Waals surface area contributed by atoms with Crippen LogP contribution in [0.5, 0.6) is 0 Å². The van der Waals surface area contributed by atoms with Gasteiger partial charge in [0.2, 0.25) is 5.95 Å². The predicted molar refractivity (Wildman–Crippen MR) is 107 cm³/mol. The molecule has 2 aliphatic heterocycles. The van der Waals surface area contributed by atoms with Crippen LogP contribution in [-0.2, 0) is 6.54 Å². The van der Waals surface area contributed by atoms with Crippen molar-refractivity contribution < 1.29 is 4.79 Å². The first-order valence-corrected chi connectivity index (χ1v) is 9.30. The highest BCUT2D eigenvalue weighted by molar-refractivity contribution is 6.33. The van der Waals surface area contributed by atoms with E-state index in [2.05, 4.69) is 36.9 Å². The number of aromatic nitrogens is 2. The highest BCUT2D eigenvalue weighted by atomic mass is 35.5. The molecule has 0 spiro atoms. The minimum Gasteiger partial charge on any atom is -0.369 e. The van der Waals surface area contributed by atoms with E-state index in [0.717, 1.165) is 37.4 Å². The van der Waals surface area contributed by atoms with E-state index in [1.54, 1.807) is 11.9 Å². The Kier molecular flexibility index (Phi) is 4.75. The number of hydrogen-bond acceptors (Lipinski definition) is 7. The monoisotopic (exact) mass is 387 g/mol. The fourth-order valence-corrected chi connectivity index (χ4v) is 3.69. The molecule has 0 aliphatic carbocycles. The number of halogens is 1. The minimum atomic E-state index is 0.00324. The summed E-state index contributed by atoms with van der Waals surface area (Å²) in [5, 5.41) is 9.88.